The molecular formula is C24H31N3O2. The highest BCUT2D eigenvalue weighted by Crippen LogP contribution is 2.38. The van der Waals surface area contributed by atoms with Crippen molar-refractivity contribution in [3.05, 3.63) is 54.4 Å². The first-order valence-corrected chi connectivity index (χ1v) is 10.3. The van der Waals surface area contributed by atoms with Gasteiger partial charge in [0.1, 0.15) is 0 Å². The number of nitrogens with zero attached hydrogens (tertiary/aromatic N) is 3. The zero-order valence-electron chi connectivity index (χ0n) is 17.9. The summed E-state index contributed by atoms with van der Waals surface area (Å²) in [6.45, 7) is 5.14. The number of hydrogen-bond acceptors (Lipinski definition) is 3. The van der Waals surface area contributed by atoms with E-state index in [4.69, 9.17) is 0 Å². The number of pyridine rings is 1. The molecule has 0 bridgehead atoms. The Morgan fingerprint density at radius 1 is 1.07 bits per heavy atom. The summed E-state index contributed by atoms with van der Waals surface area (Å²) in [5.74, 6) is 0.322. The zero-order chi connectivity index (χ0) is 21.0. The maximum atomic E-state index is 13.2. The minimum absolute atomic E-state index is 0.0101. The largest absolute Gasteiger partial charge is 0.348 e. The molecule has 1 aliphatic rings. The lowest BCUT2D eigenvalue weighted by atomic mass is 9.72. The predicted octanol–water partition coefficient (Wildman–Crippen LogP) is 3.64. The van der Waals surface area contributed by atoms with E-state index < -0.39 is 5.41 Å². The molecule has 0 radical (unpaired) electrons. The van der Waals surface area contributed by atoms with E-state index in [0.717, 1.165) is 16.7 Å². The van der Waals surface area contributed by atoms with E-state index >= 15 is 0 Å². The first-order chi connectivity index (χ1) is 13.8. The van der Waals surface area contributed by atoms with Crippen LogP contribution in [0.4, 0.5) is 0 Å². The Hall–Kier alpha value is -2.69. The lowest BCUT2D eigenvalue weighted by Crippen LogP contribution is -2.51. The Morgan fingerprint density at radius 2 is 1.72 bits per heavy atom. The van der Waals surface area contributed by atoms with E-state index in [9.17, 15) is 9.59 Å². The molecule has 2 heterocycles. The SMILES string of the molecule is CC(C)C(=O)N1CCC(Cc2cccc(-c3ccncc3)c2)(C(=O)N(C)C)CC1. The Morgan fingerprint density at radius 3 is 2.31 bits per heavy atom. The molecule has 29 heavy (non-hydrogen) atoms. The quantitative estimate of drug-likeness (QED) is 0.779. The van der Waals surface area contributed by atoms with E-state index in [-0.39, 0.29) is 17.7 Å². The van der Waals surface area contributed by atoms with Gasteiger partial charge in [0, 0.05) is 45.5 Å². The molecule has 0 aliphatic carbocycles. The molecular weight excluding hydrogens is 362 g/mol. The average Bonchev–Trinajstić information content (AvgIpc) is 2.74. The smallest absolute Gasteiger partial charge is 0.228 e. The van der Waals surface area contributed by atoms with Crippen molar-refractivity contribution in [2.75, 3.05) is 27.2 Å². The minimum Gasteiger partial charge on any atom is -0.348 e. The van der Waals surface area contributed by atoms with Crippen LogP contribution in [0.1, 0.15) is 32.3 Å². The molecule has 5 heteroatoms. The van der Waals surface area contributed by atoms with E-state index in [1.54, 1.807) is 17.3 Å². The van der Waals surface area contributed by atoms with Crippen molar-refractivity contribution in [1.82, 2.24) is 14.8 Å². The van der Waals surface area contributed by atoms with Gasteiger partial charge in [-0.15, -0.1) is 0 Å². The molecule has 154 valence electrons. The molecule has 1 saturated heterocycles. The normalized spacial score (nSPS) is 16.0. The van der Waals surface area contributed by atoms with Crippen molar-refractivity contribution >= 4 is 11.8 Å². The second-order valence-corrected chi connectivity index (χ2v) is 8.57. The number of benzene rings is 1. The summed E-state index contributed by atoms with van der Waals surface area (Å²) in [4.78, 5) is 33.3. The predicted molar refractivity (Wildman–Crippen MR) is 115 cm³/mol. The molecule has 1 aliphatic heterocycles. The van der Waals surface area contributed by atoms with Crippen LogP contribution in [0.15, 0.2) is 48.8 Å². The molecule has 0 atom stereocenters. The fourth-order valence-electron chi connectivity index (χ4n) is 4.26. The minimum atomic E-state index is -0.464. The average molecular weight is 394 g/mol. The number of carbonyl (C=O) groups excluding carboxylic acids is 2. The Bertz CT molecular complexity index is 853. The van der Waals surface area contributed by atoms with Gasteiger partial charge in [-0.3, -0.25) is 14.6 Å². The number of amides is 2. The number of carbonyl (C=O) groups is 2. The lowest BCUT2D eigenvalue weighted by Gasteiger charge is -2.42. The Kier molecular flexibility index (Phi) is 6.36. The van der Waals surface area contributed by atoms with Crippen molar-refractivity contribution in [3.63, 3.8) is 0 Å². The van der Waals surface area contributed by atoms with Gasteiger partial charge in [0.25, 0.3) is 0 Å². The van der Waals surface area contributed by atoms with E-state index in [1.807, 2.05) is 45.0 Å². The number of rotatable bonds is 5. The van der Waals surface area contributed by atoms with E-state index in [2.05, 4.69) is 29.2 Å². The molecule has 0 unspecified atom stereocenters. The Labute approximate surface area is 173 Å². The van der Waals surface area contributed by atoms with Crippen LogP contribution in [0.25, 0.3) is 11.1 Å². The Balaban J connectivity index is 1.84. The molecule has 0 N–H and O–H groups in total. The molecule has 2 aromatic rings. The van der Waals surface area contributed by atoms with Crippen LogP contribution in [0.5, 0.6) is 0 Å². The molecule has 1 fully saturated rings. The fraction of sp³-hybridized carbons (Fsp3) is 0.458. The summed E-state index contributed by atoms with van der Waals surface area (Å²) in [7, 11) is 3.65. The summed E-state index contributed by atoms with van der Waals surface area (Å²) >= 11 is 0. The van der Waals surface area contributed by atoms with Crippen LogP contribution in [0.3, 0.4) is 0 Å². The summed E-state index contributed by atoms with van der Waals surface area (Å²) in [6.07, 6.45) is 5.66. The van der Waals surface area contributed by atoms with Crippen LogP contribution in [0.2, 0.25) is 0 Å². The third-order valence-corrected chi connectivity index (χ3v) is 5.87. The van der Waals surface area contributed by atoms with Crippen LogP contribution in [-0.4, -0.2) is 53.8 Å². The van der Waals surface area contributed by atoms with Gasteiger partial charge in [-0.2, -0.15) is 0 Å². The van der Waals surface area contributed by atoms with Crippen molar-refractivity contribution in [2.45, 2.75) is 33.1 Å². The number of hydrogen-bond donors (Lipinski definition) is 0. The monoisotopic (exact) mass is 393 g/mol. The molecule has 1 aromatic heterocycles. The van der Waals surface area contributed by atoms with Crippen molar-refractivity contribution < 1.29 is 9.59 Å². The van der Waals surface area contributed by atoms with Gasteiger partial charge >= 0.3 is 0 Å². The number of piperidine rings is 1. The van der Waals surface area contributed by atoms with E-state index in [1.165, 1.54) is 0 Å². The van der Waals surface area contributed by atoms with Crippen molar-refractivity contribution in [1.29, 1.82) is 0 Å². The molecule has 0 spiro atoms. The lowest BCUT2D eigenvalue weighted by molar-refractivity contribution is -0.147. The third kappa shape index (κ3) is 4.66. The van der Waals surface area contributed by atoms with Crippen LogP contribution in [-0.2, 0) is 16.0 Å². The molecule has 1 aromatic carbocycles. The molecule has 2 amide bonds. The summed E-state index contributed by atoms with van der Waals surface area (Å²) in [6, 6.07) is 12.4. The highest BCUT2D eigenvalue weighted by molar-refractivity contribution is 5.84. The summed E-state index contributed by atoms with van der Waals surface area (Å²) in [5, 5.41) is 0. The second kappa shape index (κ2) is 8.76. The maximum Gasteiger partial charge on any atom is 0.228 e. The highest BCUT2D eigenvalue weighted by Gasteiger charge is 2.43. The van der Waals surface area contributed by atoms with Crippen LogP contribution < -0.4 is 0 Å². The fourth-order valence-corrected chi connectivity index (χ4v) is 4.26. The maximum absolute atomic E-state index is 13.2. The first kappa shape index (κ1) is 21.0. The summed E-state index contributed by atoms with van der Waals surface area (Å²) in [5.41, 5.74) is 2.93. The van der Waals surface area contributed by atoms with Crippen molar-refractivity contribution in [3.8, 4) is 11.1 Å². The first-order valence-electron chi connectivity index (χ1n) is 10.3. The van der Waals surface area contributed by atoms with Crippen LogP contribution in [0, 0.1) is 11.3 Å². The van der Waals surface area contributed by atoms with Gasteiger partial charge in [-0.25, -0.2) is 0 Å². The van der Waals surface area contributed by atoms with E-state index in [0.29, 0.717) is 32.4 Å². The third-order valence-electron chi connectivity index (χ3n) is 5.87. The van der Waals surface area contributed by atoms with Crippen molar-refractivity contribution in [2.24, 2.45) is 11.3 Å². The van der Waals surface area contributed by atoms with Crippen LogP contribution >= 0.6 is 0 Å². The molecule has 5 nitrogen and oxygen atoms in total. The van der Waals surface area contributed by atoms with Gasteiger partial charge in [0.15, 0.2) is 0 Å². The summed E-state index contributed by atoms with van der Waals surface area (Å²) < 4.78 is 0. The highest BCUT2D eigenvalue weighted by atomic mass is 16.2. The standard InChI is InChI=1S/C24H31N3O2/c1-18(2)22(28)27-14-10-24(11-15-27,23(29)26(3)4)17-19-6-5-7-21(16-19)20-8-12-25-13-9-20/h5-9,12-13,16,18H,10-11,14-15,17H2,1-4H3. The van der Waals surface area contributed by atoms with Gasteiger partial charge in [0.05, 0.1) is 5.41 Å². The molecule has 0 saturated carbocycles. The molecule has 3 rings (SSSR count). The topological polar surface area (TPSA) is 53.5 Å². The zero-order valence-corrected chi connectivity index (χ0v) is 17.9. The number of likely N-dealkylation sites (tertiary alicyclic amines) is 1. The second-order valence-electron chi connectivity index (χ2n) is 8.57. The van der Waals surface area contributed by atoms with Gasteiger partial charge in [0.2, 0.25) is 11.8 Å². The number of aromatic nitrogens is 1. The van der Waals surface area contributed by atoms with Gasteiger partial charge in [-0.1, -0.05) is 38.1 Å². The van der Waals surface area contributed by atoms with Gasteiger partial charge < -0.3 is 9.80 Å². The van der Waals surface area contributed by atoms with Gasteiger partial charge in [-0.05, 0) is 48.1 Å².